The van der Waals surface area contributed by atoms with E-state index in [-0.39, 0.29) is 17.7 Å². The van der Waals surface area contributed by atoms with Crippen LogP contribution in [-0.4, -0.2) is 60.4 Å². The van der Waals surface area contributed by atoms with E-state index in [4.69, 9.17) is 0 Å². The van der Waals surface area contributed by atoms with Gasteiger partial charge in [-0.05, 0) is 17.0 Å². The third-order valence-electron chi connectivity index (χ3n) is 5.61. The summed E-state index contributed by atoms with van der Waals surface area (Å²) in [4.78, 5) is 29.9. The molecule has 2 aromatic carbocycles. The van der Waals surface area contributed by atoms with Gasteiger partial charge in [-0.3, -0.25) is 14.5 Å². The van der Waals surface area contributed by atoms with Crippen LogP contribution in [0.5, 0.6) is 0 Å². The van der Waals surface area contributed by atoms with Gasteiger partial charge < -0.3 is 10.2 Å². The third-order valence-corrected chi connectivity index (χ3v) is 5.61. The molecule has 0 unspecified atom stereocenters. The van der Waals surface area contributed by atoms with E-state index in [1.165, 1.54) is 5.56 Å². The van der Waals surface area contributed by atoms with Gasteiger partial charge in [0.15, 0.2) is 0 Å². The summed E-state index contributed by atoms with van der Waals surface area (Å²) in [6.45, 7) is 7.90. The van der Waals surface area contributed by atoms with Crippen molar-refractivity contribution < 1.29 is 9.59 Å². The molecule has 31 heavy (non-hydrogen) atoms. The number of hydrogen-bond acceptors (Lipinski definition) is 3. The summed E-state index contributed by atoms with van der Waals surface area (Å²) < 4.78 is 0. The third kappa shape index (κ3) is 7.07. The van der Waals surface area contributed by atoms with E-state index in [0.29, 0.717) is 19.5 Å². The second-order valence-electron chi connectivity index (χ2n) is 8.39. The van der Waals surface area contributed by atoms with Crippen LogP contribution in [0.15, 0.2) is 66.7 Å². The largest absolute Gasteiger partial charge is 0.344 e. The maximum Gasteiger partial charge on any atom is 0.245 e. The van der Waals surface area contributed by atoms with E-state index in [0.717, 1.165) is 25.2 Å². The van der Waals surface area contributed by atoms with Gasteiger partial charge in [0.25, 0.3) is 0 Å². The number of hydrogen-bond donors (Lipinski definition) is 1. The van der Waals surface area contributed by atoms with Crippen LogP contribution in [0.3, 0.4) is 0 Å². The summed E-state index contributed by atoms with van der Waals surface area (Å²) in [7, 11) is 0. The lowest BCUT2D eigenvalue weighted by Gasteiger charge is -2.37. The van der Waals surface area contributed by atoms with Crippen molar-refractivity contribution in [1.82, 2.24) is 15.1 Å². The van der Waals surface area contributed by atoms with Crippen molar-refractivity contribution in [2.45, 2.75) is 26.3 Å². The first-order valence-electron chi connectivity index (χ1n) is 11.1. The SMILES string of the molecule is CC(C)[C@@H](NC(=O)Cc1ccccc1)C(=O)N1CCN(C/C=C/c2ccccc2)CC1. The van der Waals surface area contributed by atoms with Gasteiger partial charge in [-0.25, -0.2) is 0 Å². The zero-order valence-electron chi connectivity index (χ0n) is 18.5. The van der Waals surface area contributed by atoms with Crippen molar-refractivity contribution in [3.63, 3.8) is 0 Å². The predicted molar refractivity (Wildman–Crippen MR) is 125 cm³/mol. The van der Waals surface area contributed by atoms with Crippen LogP contribution >= 0.6 is 0 Å². The molecule has 0 bridgehead atoms. The second kappa shape index (κ2) is 11.5. The van der Waals surface area contributed by atoms with Gasteiger partial charge in [-0.2, -0.15) is 0 Å². The molecule has 1 N–H and O–H groups in total. The van der Waals surface area contributed by atoms with Gasteiger partial charge in [0.05, 0.1) is 6.42 Å². The van der Waals surface area contributed by atoms with Crippen LogP contribution in [0.4, 0.5) is 0 Å². The minimum absolute atomic E-state index is 0.0240. The Bertz CT molecular complexity index is 857. The molecule has 1 saturated heterocycles. The lowest BCUT2D eigenvalue weighted by Crippen LogP contribution is -2.56. The Balaban J connectivity index is 1.48. The maximum absolute atomic E-state index is 13.1. The van der Waals surface area contributed by atoms with Crippen LogP contribution in [-0.2, 0) is 16.0 Å². The van der Waals surface area contributed by atoms with Crippen LogP contribution in [0.2, 0.25) is 0 Å². The molecule has 0 saturated carbocycles. The molecule has 0 aromatic heterocycles. The second-order valence-corrected chi connectivity index (χ2v) is 8.39. The number of nitrogens with one attached hydrogen (secondary N) is 1. The van der Waals surface area contributed by atoms with E-state index >= 15 is 0 Å². The van der Waals surface area contributed by atoms with Gasteiger partial charge in [-0.1, -0.05) is 86.7 Å². The first kappa shape index (κ1) is 22.8. The molecule has 1 aliphatic rings. The monoisotopic (exact) mass is 419 g/mol. The molecule has 0 aliphatic carbocycles. The van der Waals surface area contributed by atoms with Gasteiger partial charge in [0.1, 0.15) is 6.04 Å². The molecule has 2 amide bonds. The Kier molecular flexibility index (Phi) is 8.42. The van der Waals surface area contributed by atoms with Crippen molar-refractivity contribution in [2.24, 2.45) is 5.92 Å². The predicted octanol–water partition coefficient (Wildman–Crippen LogP) is 3.23. The number of carbonyl (C=O) groups excluding carboxylic acids is 2. The minimum Gasteiger partial charge on any atom is -0.344 e. The number of amides is 2. The summed E-state index contributed by atoms with van der Waals surface area (Å²) in [5.41, 5.74) is 2.15. The van der Waals surface area contributed by atoms with Crippen molar-refractivity contribution in [2.75, 3.05) is 32.7 Å². The van der Waals surface area contributed by atoms with Crippen LogP contribution < -0.4 is 5.32 Å². The quantitative estimate of drug-likeness (QED) is 0.715. The Morgan fingerprint density at radius 1 is 0.935 bits per heavy atom. The summed E-state index contributed by atoms with van der Waals surface area (Å²) in [5.74, 6) is -0.0436. The van der Waals surface area contributed by atoms with Crippen LogP contribution in [0, 0.1) is 5.92 Å². The van der Waals surface area contributed by atoms with E-state index in [2.05, 4.69) is 34.5 Å². The lowest BCUT2D eigenvalue weighted by molar-refractivity contribution is -0.139. The highest BCUT2D eigenvalue weighted by Crippen LogP contribution is 2.11. The van der Waals surface area contributed by atoms with Crippen LogP contribution in [0.1, 0.15) is 25.0 Å². The van der Waals surface area contributed by atoms with Gasteiger partial charge >= 0.3 is 0 Å². The standard InChI is InChI=1S/C26H33N3O2/c1-21(2)25(27-24(30)20-23-12-7-4-8-13-23)26(31)29-18-16-28(17-19-29)15-9-14-22-10-5-3-6-11-22/h3-14,21,25H,15-20H2,1-2H3,(H,27,30)/b14-9+/t25-/m1/s1. The molecule has 2 aromatic rings. The summed E-state index contributed by atoms with van der Waals surface area (Å²) in [6.07, 6.45) is 4.60. The highest BCUT2D eigenvalue weighted by atomic mass is 16.2. The highest BCUT2D eigenvalue weighted by molar-refractivity contribution is 5.88. The Hall–Kier alpha value is -2.92. The smallest absolute Gasteiger partial charge is 0.245 e. The Morgan fingerprint density at radius 3 is 2.16 bits per heavy atom. The highest BCUT2D eigenvalue weighted by Gasteiger charge is 2.30. The molecule has 164 valence electrons. The Morgan fingerprint density at radius 2 is 1.55 bits per heavy atom. The molecule has 1 fully saturated rings. The van der Waals surface area contributed by atoms with Crippen molar-refractivity contribution in [3.8, 4) is 0 Å². The van der Waals surface area contributed by atoms with E-state index in [9.17, 15) is 9.59 Å². The number of piperazine rings is 1. The van der Waals surface area contributed by atoms with Crippen molar-refractivity contribution >= 4 is 17.9 Å². The van der Waals surface area contributed by atoms with Crippen molar-refractivity contribution in [3.05, 3.63) is 77.9 Å². The van der Waals surface area contributed by atoms with Gasteiger partial charge in [0.2, 0.25) is 11.8 Å². The van der Waals surface area contributed by atoms with E-state index in [1.807, 2.05) is 67.3 Å². The molecule has 1 heterocycles. The molecule has 3 rings (SSSR count). The maximum atomic E-state index is 13.1. The number of carbonyl (C=O) groups is 2. The van der Waals surface area contributed by atoms with E-state index < -0.39 is 6.04 Å². The molecule has 0 radical (unpaired) electrons. The van der Waals surface area contributed by atoms with Crippen LogP contribution in [0.25, 0.3) is 6.08 Å². The van der Waals surface area contributed by atoms with Gasteiger partial charge in [0, 0.05) is 32.7 Å². The number of rotatable bonds is 8. The Labute approximate surface area is 185 Å². The first-order valence-corrected chi connectivity index (χ1v) is 11.1. The number of nitrogens with zero attached hydrogens (tertiary/aromatic N) is 2. The molecular formula is C26H33N3O2. The van der Waals surface area contributed by atoms with E-state index in [1.54, 1.807) is 0 Å². The topological polar surface area (TPSA) is 52.7 Å². The van der Waals surface area contributed by atoms with Gasteiger partial charge in [-0.15, -0.1) is 0 Å². The van der Waals surface area contributed by atoms with Crippen molar-refractivity contribution in [1.29, 1.82) is 0 Å². The fourth-order valence-corrected chi connectivity index (χ4v) is 3.77. The molecule has 1 atom stereocenters. The zero-order valence-corrected chi connectivity index (χ0v) is 18.5. The number of benzene rings is 2. The molecule has 0 spiro atoms. The summed E-state index contributed by atoms with van der Waals surface area (Å²) in [6, 6.07) is 19.4. The average molecular weight is 420 g/mol. The minimum atomic E-state index is -0.485. The molecule has 1 aliphatic heterocycles. The lowest BCUT2D eigenvalue weighted by atomic mass is 10.0. The summed E-state index contributed by atoms with van der Waals surface area (Å²) in [5, 5.41) is 2.97. The average Bonchev–Trinajstić information content (AvgIpc) is 2.79. The fourth-order valence-electron chi connectivity index (χ4n) is 3.77. The fraction of sp³-hybridized carbons (Fsp3) is 0.385. The molecule has 5 heteroatoms. The summed E-state index contributed by atoms with van der Waals surface area (Å²) >= 11 is 0. The zero-order chi connectivity index (χ0) is 22.1. The normalized spacial score (nSPS) is 15.9. The first-order chi connectivity index (χ1) is 15.0. The molecule has 5 nitrogen and oxygen atoms in total. The molecular weight excluding hydrogens is 386 g/mol.